The SMILES string of the molecule is c1ccc2c(NCC[C@@H]3CCCN3)nccc2c1. The molecule has 2 aromatic rings. The molecule has 94 valence electrons. The minimum Gasteiger partial charge on any atom is -0.370 e. The van der Waals surface area contributed by atoms with Crippen LogP contribution in [0.4, 0.5) is 5.82 Å². The van der Waals surface area contributed by atoms with Gasteiger partial charge in [-0.2, -0.15) is 0 Å². The molecule has 1 atom stereocenters. The van der Waals surface area contributed by atoms with E-state index in [-0.39, 0.29) is 0 Å². The van der Waals surface area contributed by atoms with Crippen molar-refractivity contribution in [3.8, 4) is 0 Å². The Balaban J connectivity index is 1.66. The van der Waals surface area contributed by atoms with E-state index in [0.717, 1.165) is 12.4 Å². The average molecular weight is 241 g/mol. The van der Waals surface area contributed by atoms with Crippen molar-refractivity contribution in [3.63, 3.8) is 0 Å². The number of benzene rings is 1. The van der Waals surface area contributed by atoms with Crippen molar-refractivity contribution in [2.75, 3.05) is 18.4 Å². The largest absolute Gasteiger partial charge is 0.370 e. The number of pyridine rings is 1. The molecule has 1 fully saturated rings. The van der Waals surface area contributed by atoms with Gasteiger partial charge in [0, 0.05) is 24.2 Å². The van der Waals surface area contributed by atoms with Crippen LogP contribution in [0, 0.1) is 0 Å². The van der Waals surface area contributed by atoms with Crippen molar-refractivity contribution in [1.82, 2.24) is 10.3 Å². The normalized spacial score (nSPS) is 19.2. The number of hydrogen-bond donors (Lipinski definition) is 2. The Kier molecular flexibility index (Phi) is 3.42. The summed E-state index contributed by atoms with van der Waals surface area (Å²) in [4.78, 5) is 4.44. The Labute approximate surface area is 108 Å². The van der Waals surface area contributed by atoms with E-state index in [9.17, 15) is 0 Å². The first-order valence-corrected chi connectivity index (χ1v) is 6.74. The first kappa shape index (κ1) is 11.5. The summed E-state index contributed by atoms with van der Waals surface area (Å²) in [7, 11) is 0. The van der Waals surface area contributed by atoms with Crippen LogP contribution in [0.5, 0.6) is 0 Å². The zero-order chi connectivity index (χ0) is 12.2. The van der Waals surface area contributed by atoms with E-state index in [0.29, 0.717) is 6.04 Å². The molecule has 0 bridgehead atoms. The Bertz CT molecular complexity index is 513. The highest BCUT2D eigenvalue weighted by Crippen LogP contribution is 2.20. The van der Waals surface area contributed by atoms with Crippen LogP contribution in [0.3, 0.4) is 0 Å². The summed E-state index contributed by atoms with van der Waals surface area (Å²) in [6.45, 7) is 2.16. The zero-order valence-corrected chi connectivity index (χ0v) is 10.5. The molecule has 1 aliphatic rings. The summed E-state index contributed by atoms with van der Waals surface area (Å²) in [5.41, 5.74) is 0. The number of nitrogens with one attached hydrogen (secondary N) is 2. The molecule has 0 amide bonds. The standard InChI is InChI=1S/C15H19N3/c1-2-6-14-12(4-1)7-10-17-15(14)18-11-8-13-5-3-9-16-13/h1-2,4,6-7,10,13,16H,3,5,8-9,11H2,(H,17,18)/t13-/m0/s1. The molecule has 2 N–H and O–H groups in total. The fraction of sp³-hybridized carbons (Fsp3) is 0.400. The third-order valence-corrected chi connectivity index (χ3v) is 3.62. The predicted octanol–water partition coefficient (Wildman–Crippen LogP) is 2.79. The molecular weight excluding hydrogens is 222 g/mol. The Morgan fingerprint density at radius 2 is 2.22 bits per heavy atom. The van der Waals surface area contributed by atoms with Gasteiger partial charge in [0.25, 0.3) is 0 Å². The lowest BCUT2D eigenvalue weighted by Gasteiger charge is -2.12. The van der Waals surface area contributed by atoms with Crippen LogP contribution in [-0.2, 0) is 0 Å². The zero-order valence-electron chi connectivity index (χ0n) is 10.5. The fourth-order valence-electron chi connectivity index (χ4n) is 2.63. The van der Waals surface area contributed by atoms with Gasteiger partial charge in [0.1, 0.15) is 5.82 Å². The second-order valence-corrected chi connectivity index (χ2v) is 4.89. The van der Waals surface area contributed by atoms with Crippen molar-refractivity contribution in [1.29, 1.82) is 0 Å². The lowest BCUT2D eigenvalue weighted by atomic mass is 10.1. The minimum atomic E-state index is 0.687. The van der Waals surface area contributed by atoms with E-state index >= 15 is 0 Å². The van der Waals surface area contributed by atoms with Gasteiger partial charge in [0.05, 0.1) is 0 Å². The molecular formula is C15H19N3. The molecule has 18 heavy (non-hydrogen) atoms. The van der Waals surface area contributed by atoms with Crippen molar-refractivity contribution in [3.05, 3.63) is 36.5 Å². The minimum absolute atomic E-state index is 0.687. The Hall–Kier alpha value is -1.61. The van der Waals surface area contributed by atoms with E-state index in [1.54, 1.807) is 0 Å². The van der Waals surface area contributed by atoms with E-state index < -0.39 is 0 Å². The molecule has 3 nitrogen and oxygen atoms in total. The average Bonchev–Trinajstić information content (AvgIpc) is 2.92. The molecule has 0 spiro atoms. The predicted molar refractivity (Wildman–Crippen MR) is 75.9 cm³/mol. The second-order valence-electron chi connectivity index (χ2n) is 4.89. The molecule has 3 heteroatoms. The van der Waals surface area contributed by atoms with Gasteiger partial charge < -0.3 is 10.6 Å². The van der Waals surface area contributed by atoms with Gasteiger partial charge in [-0.05, 0) is 37.3 Å². The summed E-state index contributed by atoms with van der Waals surface area (Å²) in [6, 6.07) is 11.1. The van der Waals surface area contributed by atoms with Gasteiger partial charge in [0.15, 0.2) is 0 Å². The van der Waals surface area contributed by atoms with Crippen molar-refractivity contribution >= 4 is 16.6 Å². The van der Waals surface area contributed by atoms with Gasteiger partial charge >= 0.3 is 0 Å². The van der Waals surface area contributed by atoms with Crippen LogP contribution in [-0.4, -0.2) is 24.1 Å². The van der Waals surface area contributed by atoms with Crippen molar-refractivity contribution in [2.45, 2.75) is 25.3 Å². The molecule has 1 saturated heterocycles. The highest BCUT2D eigenvalue weighted by Gasteiger charge is 2.13. The summed E-state index contributed by atoms with van der Waals surface area (Å²) in [5.74, 6) is 1.01. The molecule has 1 aromatic carbocycles. The van der Waals surface area contributed by atoms with Gasteiger partial charge in [0.2, 0.25) is 0 Å². The van der Waals surface area contributed by atoms with Gasteiger partial charge in [-0.15, -0.1) is 0 Å². The number of nitrogens with zero attached hydrogens (tertiary/aromatic N) is 1. The quantitative estimate of drug-likeness (QED) is 0.864. The van der Waals surface area contributed by atoms with E-state index in [1.807, 2.05) is 6.20 Å². The van der Waals surface area contributed by atoms with Crippen LogP contribution in [0.1, 0.15) is 19.3 Å². The lowest BCUT2D eigenvalue weighted by molar-refractivity contribution is 0.574. The van der Waals surface area contributed by atoms with Gasteiger partial charge in [-0.25, -0.2) is 4.98 Å². The van der Waals surface area contributed by atoms with Crippen LogP contribution in [0.2, 0.25) is 0 Å². The number of anilines is 1. The van der Waals surface area contributed by atoms with Crippen molar-refractivity contribution < 1.29 is 0 Å². The highest BCUT2D eigenvalue weighted by molar-refractivity contribution is 5.91. The topological polar surface area (TPSA) is 37.0 Å². The molecule has 1 aliphatic heterocycles. The number of fused-ring (bicyclic) bond motifs is 1. The first-order chi connectivity index (χ1) is 8.93. The molecule has 2 heterocycles. The monoisotopic (exact) mass is 241 g/mol. The third kappa shape index (κ3) is 2.46. The molecule has 0 radical (unpaired) electrons. The summed E-state index contributed by atoms with van der Waals surface area (Å²) in [6.07, 6.45) is 5.67. The van der Waals surface area contributed by atoms with Gasteiger partial charge in [-0.3, -0.25) is 0 Å². The highest BCUT2D eigenvalue weighted by atomic mass is 15.0. The van der Waals surface area contributed by atoms with Crippen LogP contribution < -0.4 is 10.6 Å². The lowest BCUT2D eigenvalue weighted by Crippen LogP contribution is -2.24. The second kappa shape index (κ2) is 5.36. The smallest absolute Gasteiger partial charge is 0.133 e. The third-order valence-electron chi connectivity index (χ3n) is 3.62. The summed E-state index contributed by atoms with van der Waals surface area (Å²) >= 11 is 0. The Morgan fingerprint density at radius 3 is 3.11 bits per heavy atom. The summed E-state index contributed by atoms with van der Waals surface area (Å²) < 4.78 is 0. The fourth-order valence-corrected chi connectivity index (χ4v) is 2.63. The molecule has 3 rings (SSSR count). The number of hydrogen-bond acceptors (Lipinski definition) is 3. The van der Waals surface area contributed by atoms with E-state index in [2.05, 4.69) is 45.9 Å². The first-order valence-electron chi connectivity index (χ1n) is 6.74. The van der Waals surface area contributed by atoms with E-state index in [1.165, 1.54) is 36.6 Å². The maximum atomic E-state index is 4.44. The summed E-state index contributed by atoms with van der Waals surface area (Å²) in [5, 5.41) is 9.44. The van der Waals surface area contributed by atoms with E-state index in [4.69, 9.17) is 0 Å². The maximum Gasteiger partial charge on any atom is 0.133 e. The number of aromatic nitrogens is 1. The molecule has 0 aliphatic carbocycles. The molecule has 0 unspecified atom stereocenters. The molecule has 1 aromatic heterocycles. The maximum absolute atomic E-state index is 4.44. The van der Waals surface area contributed by atoms with Crippen LogP contribution in [0.15, 0.2) is 36.5 Å². The van der Waals surface area contributed by atoms with Gasteiger partial charge in [-0.1, -0.05) is 24.3 Å². The van der Waals surface area contributed by atoms with Crippen LogP contribution >= 0.6 is 0 Å². The van der Waals surface area contributed by atoms with Crippen molar-refractivity contribution in [2.24, 2.45) is 0 Å². The molecule has 0 saturated carbocycles. The Morgan fingerprint density at radius 1 is 1.28 bits per heavy atom. The van der Waals surface area contributed by atoms with Crippen LogP contribution in [0.25, 0.3) is 10.8 Å². The number of rotatable bonds is 4.